The molecule has 2 aliphatic rings. The van der Waals surface area contributed by atoms with Gasteiger partial charge in [-0.1, -0.05) is 13.8 Å². The smallest absolute Gasteiger partial charge is 0.252 e. The van der Waals surface area contributed by atoms with E-state index in [4.69, 9.17) is 14.2 Å². The van der Waals surface area contributed by atoms with E-state index < -0.39 is 11.9 Å². The summed E-state index contributed by atoms with van der Waals surface area (Å²) in [4.78, 5) is 40.2. The van der Waals surface area contributed by atoms with Crippen molar-refractivity contribution in [3.05, 3.63) is 17.7 Å². The largest absolute Gasteiger partial charge is 0.493 e. The molecule has 0 aromatic heterocycles. The molecule has 0 spiro atoms. The van der Waals surface area contributed by atoms with Gasteiger partial charge >= 0.3 is 0 Å². The van der Waals surface area contributed by atoms with Crippen molar-refractivity contribution >= 4 is 17.7 Å². The summed E-state index contributed by atoms with van der Waals surface area (Å²) in [6.45, 7) is 5.09. The van der Waals surface area contributed by atoms with Gasteiger partial charge in [0.25, 0.3) is 5.91 Å². The number of carbonyl (C=O) groups is 3. The minimum atomic E-state index is -0.706. The van der Waals surface area contributed by atoms with Crippen LogP contribution in [0.1, 0.15) is 49.9 Å². The van der Waals surface area contributed by atoms with Gasteiger partial charge in [-0.15, -0.1) is 0 Å². The number of hydrogen-bond donors (Lipinski definition) is 2. The minimum Gasteiger partial charge on any atom is -0.493 e. The molecule has 1 saturated carbocycles. The lowest BCUT2D eigenvalue weighted by molar-refractivity contribution is -0.133. The normalized spacial score (nSPS) is 17.3. The Morgan fingerprint density at radius 2 is 1.52 bits per heavy atom. The second-order valence-electron chi connectivity index (χ2n) is 8.99. The monoisotopic (exact) mass is 461 g/mol. The van der Waals surface area contributed by atoms with Crippen LogP contribution in [0, 0.1) is 11.8 Å². The molecule has 1 aliphatic carbocycles. The highest BCUT2D eigenvalue weighted by atomic mass is 16.5. The van der Waals surface area contributed by atoms with Crippen molar-refractivity contribution in [2.45, 2.75) is 51.6 Å². The van der Waals surface area contributed by atoms with Crippen LogP contribution in [0.3, 0.4) is 0 Å². The number of rotatable bonds is 9. The predicted molar refractivity (Wildman–Crippen MR) is 123 cm³/mol. The fourth-order valence-corrected chi connectivity index (χ4v) is 4.10. The number of nitrogens with zero attached hydrogens (tertiary/aromatic N) is 1. The molecule has 2 fully saturated rings. The molecule has 1 heterocycles. The first-order valence-electron chi connectivity index (χ1n) is 11.5. The van der Waals surface area contributed by atoms with Crippen molar-refractivity contribution in [3.63, 3.8) is 0 Å². The van der Waals surface area contributed by atoms with Gasteiger partial charge < -0.3 is 29.7 Å². The minimum absolute atomic E-state index is 0.0138. The molecule has 0 radical (unpaired) electrons. The summed E-state index contributed by atoms with van der Waals surface area (Å²) in [5.41, 5.74) is 0.301. The molecule has 1 aliphatic heterocycles. The van der Waals surface area contributed by atoms with Crippen molar-refractivity contribution < 1.29 is 28.6 Å². The van der Waals surface area contributed by atoms with Gasteiger partial charge in [-0.05, 0) is 43.7 Å². The molecule has 1 aromatic carbocycles. The summed E-state index contributed by atoms with van der Waals surface area (Å²) in [5, 5.41) is 5.91. The van der Waals surface area contributed by atoms with Crippen LogP contribution in [-0.2, 0) is 9.59 Å². The number of nitrogens with one attached hydrogen (secondary N) is 2. The highest BCUT2D eigenvalue weighted by Gasteiger charge is 2.35. The average Bonchev–Trinajstić information content (AvgIpc) is 3.66. The molecule has 182 valence electrons. The van der Waals surface area contributed by atoms with Crippen LogP contribution in [0.5, 0.6) is 17.2 Å². The van der Waals surface area contributed by atoms with Crippen LogP contribution >= 0.6 is 0 Å². The molecule has 3 rings (SSSR count). The van der Waals surface area contributed by atoms with Crippen LogP contribution in [0.4, 0.5) is 0 Å². The van der Waals surface area contributed by atoms with E-state index in [-0.39, 0.29) is 29.7 Å². The summed E-state index contributed by atoms with van der Waals surface area (Å²) in [5.74, 6) is 0.823. The highest BCUT2D eigenvalue weighted by molar-refractivity contribution is 5.98. The van der Waals surface area contributed by atoms with E-state index in [2.05, 4.69) is 10.6 Å². The lowest BCUT2D eigenvalue weighted by Gasteiger charge is -2.33. The summed E-state index contributed by atoms with van der Waals surface area (Å²) in [7, 11) is 4.45. The Balaban J connectivity index is 1.62. The van der Waals surface area contributed by atoms with E-state index in [1.807, 2.05) is 18.7 Å². The zero-order chi connectivity index (χ0) is 24.1. The molecule has 9 heteroatoms. The van der Waals surface area contributed by atoms with Gasteiger partial charge in [0.05, 0.1) is 21.3 Å². The second-order valence-corrected chi connectivity index (χ2v) is 8.99. The van der Waals surface area contributed by atoms with Gasteiger partial charge in [0.1, 0.15) is 6.04 Å². The standard InChI is InChI=1S/C24H35N3O6/c1-14(2)20(23(29)25-17-8-10-27(11-9-17)24(30)15-6-7-15)26-22(28)16-12-18(31-3)21(33-5)19(13-16)32-4/h12-15,17,20H,6-11H2,1-5H3,(H,25,29)(H,26,28)/t20-/m0/s1. The van der Waals surface area contributed by atoms with Gasteiger partial charge in [0.15, 0.2) is 11.5 Å². The number of carbonyl (C=O) groups excluding carboxylic acids is 3. The lowest BCUT2D eigenvalue weighted by Crippen LogP contribution is -2.54. The van der Waals surface area contributed by atoms with Crippen LogP contribution < -0.4 is 24.8 Å². The first-order chi connectivity index (χ1) is 15.8. The maximum atomic E-state index is 13.0. The van der Waals surface area contributed by atoms with Crippen LogP contribution in [0.25, 0.3) is 0 Å². The van der Waals surface area contributed by atoms with E-state index in [1.165, 1.54) is 21.3 Å². The Morgan fingerprint density at radius 3 is 1.97 bits per heavy atom. The lowest BCUT2D eigenvalue weighted by atomic mass is 10.00. The maximum absolute atomic E-state index is 13.0. The van der Waals surface area contributed by atoms with Crippen LogP contribution in [0.15, 0.2) is 12.1 Å². The molecule has 1 atom stereocenters. The molecular formula is C24H35N3O6. The number of piperidine rings is 1. The fourth-order valence-electron chi connectivity index (χ4n) is 4.10. The van der Waals surface area contributed by atoms with Crippen molar-refractivity contribution in [1.29, 1.82) is 0 Å². The zero-order valence-corrected chi connectivity index (χ0v) is 20.1. The van der Waals surface area contributed by atoms with Crippen molar-refractivity contribution in [2.75, 3.05) is 34.4 Å². The van der Waals surface area contributed by atoms with Gasteiger partial charge in [-0.2, -0.15) is 0 Å². The fraction of sp³-hybridized carbons (Fsp3) is 0.625. The molecular weight excluding hydrogens is 426 g/mol. The Labute approximate surface area is 195 Å². The molecule has 1 aromatic rings. The Kier molecular flexibility index (Phi) is 8.05. The predicted octanol–water partition coefficient (Wildman–Crippen LogP) is 1.98. The maximum Gasteiger partial charge on any atom is 0.252 e. The van der Waals surface area contributed by atoms with Crippen LogP contribution in [-0.4, -0.2) is 69.1 Å². The number of amides is 3. The van der Waals surface area contributed by atoms with E-state index in [1.54, 1.807) is 12.1 Å². The number of ether oxygens (including phenoxy) is 3. The molecule has 0 bridgehead atoms. The molecule has 0 unspecified atom stereocenters. The molecule has 1 saturated heterocycles. The average molecular weight is 462 g/mol. The Morgan fingerprint density at radius 1 is 0.939 bits per heavy atom. The first kappa shape index (κ1) is 24.7. The summed E-state index contributed by atoms with van der Waals surface area (Å²) >= 11 is 0. The quantitative estimate of drug-likeness (QED) is 0.583. The number of benzene rings is 1. The third kappa shape index (κ3) is 5.89. The SMILES string of the molecule is COc1cc(C(=O)N[C@H](C(=O)NC2CCN(C(=O)C3CC3)CC2)C(C)C)cc(OC)c1OC. The Hall–Kier alpha value is -2.97. The van der Waals surface area contributed by atoms with Crippen molar-refractivity contribution in [3.8, 4) is 17.2 Å². The summed E-state index contributed by atoms with van der Waals surface area (Å²) < 4.78 is 15.9. The second kappa shape index (κ2) is 10.8. The van der Waals surface area contributed by atoms with Gasteiger partial charge in [0, 0.05) is 30.6 Å². The zero-order valence-electron chi connectivity index (χ0n) is 20.1. The van der Waals surface area contributed by atoms with E-state index in [0.29, 0.717) is 35.9 Å². The van der Waals surface area contributed by atoms with Gasteiger partial charge in [-0.3, -0.25) is 14.4 Å². The molecule has 3 amide bonds. The third-order valence-electron chi connectivity index (χ3n) is 6.24. The van der Waals surface area contributed by atoms with Gasteiger partial charge in [-0.25, -0.2) is 0 Å². The topological polar surface area (TPSA) is 106 Å². The molecule has 9 nitrogen and oxygen atoms in total. The third-order valence-corrected chi connectivity index (χ3v) is 6.24. The van der Waals surface area contributed by atoms with Gasteiger partial charge in [0.2, 0.25) is 17.6 Å². The molecule has 2 N–H and O–H groups in total. The van der Waals surface area contributed by atoms with Crippen molar-refractivity contribution in [1.82, 2.24) is 15.5 Å². The van der Waals surface area contributed by atoms with Crippen molar-refractivity contribution in [2.24, 2.45) is 11.8 Å². The number of methoxy groups -OCH3 is 3. The van der Waals surface area contributed by atoms with Crippen LogP contribution in [0.2, 0.25) is 0 Å². The molecule has 33 heavy (non-hydrogen) atoms. The first-order valence-corrected chi connectivity index (χ1v) is 11.5. The summed E-state index contributed by atoms with van der Waals surface area (Å²) in [6, 6.07) is 2.39. The van der Waals surface area contributed by atoms with E-state index >= 15 is 0 Å². The Bertz CT molecular complexity index is 850. The number of likely N-dealkylation sites (tertiary alicyclic amines) is 1. The number of hydrogen-bond acceptors (Lipinski definition) is 6. The van der Waals surface area contributed by atoms with E-state index in [9.17, 15) is 14.4 Å². The summed E-state index contributed by atoms with van der Waals surface area (Å²) in [6.07, 6.45) is 3.43. The highest BCUT2D eigenvalue weighted by Crippen LogP contribution is 2.38. The van der Waals surface area contributed by atoms with E-state index in [0.717, 1.165) is 25.7 Å².